The SMILES string of the molecule is Cc1ccc(Cl)cc1N1C(=O)[C@H]2[C@H](C1=O)[C@H]1C=C[C@H]2C1. The van der Waals surface area contributed by atoms with Gasteiger partial charge >= 0.3 is 0 Å². The van der Waals surface area contributed by atoms with E-state index in [1.54, 1.807) is 12.1 Å². The van der Waals surface area contributed by atoms with Gasteiger partial charge in [0.15, 0.2) is 0 Å². The monoisotopic (exact) mass is 287 g/mol. The molecule has 2 amide bonds. The van der Waals surface area contributed by atoms with Crippen molar-refractivity contribution >= 4 is 29.1 Å². The molecule has 1 aromatic rings. The highest BCUT2D eigenvalue weighted by Gasteiger charge is 2.59. The largest absolute Gasteiger partial charge is 0.274 e. The molecule has 1 aromatic carbocycles. The Kier molecular flexibility index (Phi) is 2.40. The molecule has 4 atom stereocenters. The summed E-state index contributed by atoms with van der Waals surface area (Å²) in [5, 5.41) is 0.546. The molecule has 2 bridgehead atoms. The van der Waals surface area contributed by atoms with Gasteiger partial charge in [-0.3, -0.25) is 9.59 Å². The number of amides is 2. The van der Waals surface area contributed by atoms with Crippen molar-refractivity contribution in [2.75, 3.05) is 4.90 Å². The van der Waals surface area contributed by atoms with Gasteiger partial charge in [0, 0.05) is 5.02 Å². The first kappa shape index (κ1) is 12.2. The van der Waals surface area contributed by atoms with Crippen molar-refractivity contribution in [3.8, 4) is 0 Å². The number of hydrogen-bond acceptors (Lipinski definition) is 2. The number of fused-ring (bicyclic) bond motifs is 5. The standard InChI is InChI=1S/C16H14ClNO2/c1-8-2-5-11(17)7-12(8)18-15(19)13-9-3-4-10(6-9)14(13)16(18)20/h2-5,7,9-10,13-14H,6H2,1H3/t9-,10-,13+,14+/m0/s1. The van der Waals surface area contributed by atoms with E-state index in [0.29, 0.717) is 10.7 Å². The van der Waals surface area contributed by atoms with E-state index in [1.165, 1.54) is 4.90 Å². The highest BCUT2D eigenvalue weighted by atomic mass is 35.5. The van der Waals surface area contributed by atoms with E-state index in [1.807, 2.05) is 13.0 Å². The third-order valence-electron chi connectivity index (χ3n) is 4.88. The molecule has 1 saturated carbocycles. The number of carbonyl (C=O) groups excluding carboxylic acids is 2. The lowest BCUT2D eigenvalue weighted by Crippen LogP contribution is -2.33. The van der Waals surface area contributed by atoms with Crippen LogP contribution in [0.3, 0.4) is 0 Å². The summed E-state index contributed by atoms with van der Waals surface area (Å²) in [6, 6.07) is 5.33. The third-order valence-corrected chi connectivity index (χ3v) is 5.12. The maximum Gasteiger partial charge on any atom is 0.238 e. The number of benzene rings is 1. The Balaban J connectivity index is 1.80. The summed E-state index contributed by atoms with van der Waals surface area (Å²) in [5.74, 6) is 0.0630. The molecule has 4 rings (SSSR count). The van der Waals surface area contributed by atoms with Gasteiger partial charge in [-0.05, 0) is 42.9 Å². The number of hydrogen-bond donors (Lipinski definition) is 0. The topological polar surface area (TPSA) is 37.4 Å². The molecule has 0 N–H and O–H groups in total. The molecule has 0 aromatic heterocycles. The first-order valence-electron chi connectivity index (χ1n) is 6.90. The summed E-state index contributed by atoms with van der Waals surface area (Å²) >= 11 is 6.02. The van der Waals surface area contributed by atoms with Crippen LogP contribution in [0.5, 0.6) is 0 Å². The number of carbonyl (C=O) groups is 2. The molecule has 1 saturated heterocycles. The van der Waals surface area contributed by atoms with Crippen molar-refractivity contribution in [3.63, 3.8) is 0 Å². The van der Waals surface area contributed by atoms with Gasteiger partial charge in [0.2, 0.25) is 11.8 Å². The lowest BCUT2D eigenvalue weighted by atomic mass is 9.85. The van der Waals surface area contributed by atoms with Crippen molar-refractivity contribution in [1.82, 2.24) is 0 Å². The second kappa shape index (κ2) is 3.95. The molecule has 0 radical (unpaired) electrons. The molecular weight excluding hydrogens is 274 g/mol. The summed E-state index contributed by atoms with van der Waals surface area (Å²) in [5.41, 5.74) is 1.54. The minimum absolute atomic E-state index is 0.0535. The van der Waals surface area contributed by atoms with E-state index >= 15 is 0 Å². The van der Waals surface area contributed by atoms with Gasteiger partial charge in [-0.15, -0.1) is 0 Å². The molecule has 102 valence electrons. The van der Waals surface area contributed by atoms with Gasteiger partial charge in [0.1, 0.15) is 0 Å². The van der Waals surface area contributed by atoms with Gasteiger partial charge in [0.25, 0.3) is 0 Å². The zero-order valence-electron chi connectivity index (χ0n) is 11.0. The zero-order valence-corrected chi connectivity index (χ0v) is 11.8. The Hall–Kier alpha value is -1.61. The summed E-state index contributed by atoms with van der Waals surface area (Å²) in [4.78, 5) is 26.7. The van der Waals surface area contributed by atoms with Gasteiger partial charge in [0.05, 0.1) is 17.5 Å². The van der Waals surface area contributed by atoms with E-state index in [4.69, 9.17) is 11.6 Å². The number of imide groups is 1. The molecule has 2 aliphatic carbocycles. The molecule has 2 fully saturated rings. The highest BCUT2D eigenvalue weighted by molar-refractivity contribution is 6.31. The zero-order chi connectivity index (χ0) is 14.0. The Labute approximate surface area is 122 Å². The van der Waals surface area contributed by atoms with E-state index in [2.05, 4.69) is 12.2 Å². The maximum atomic E-state index is 12.7. The molecular formula is C16H14ClNO2. The Bertz CT molecular complexity index is 636. The first-order chi connectivity index (χ1) is 9.58. The predicted octanol–water partition coefficient (Wildman–Crippen LogP) is 2.96. The summed E-state index contributed by atoms with van der Waals surface area (Å²) in [6.45, 7) is 1.90. The average molecular weight is 288 g/mol. The molecule has 1 aliphatic heterocycles. The van der Waals surface area contributed by atoms with Crippen LogP contribution in [0.2, 0.25) is 5.02 Å². The van der Waals surface area contributed by atoms with Crippen LogP contribution in [-0.4, -0.2) is 11.8 Å². The summed E-state index contributed by atoms with van der Waals surface area (Å²) in [7, 11) is 0. The fourth-order valence-electron chi connectivity index (χ4n) is 3.96. The smallest absolute Gasteiger partial charge is 0.238 e. The summed E-state index contributed by atoms with van der Waals surface area (Å²) < 4.78 is 0. The number of allylic oxidation sites excluding steroid dienone is 2. The predicted molar refractivity (Wildman–Crippen MR) is 76.4 cm³/mol. The van der Waals surface area contributed by atoms with Crippen molar-refractivity contribution in [2.45, 2.75) is 13.3 Å². The average Bonchev–Trinajstić information content (AvgIpc) is 3.08. The quantitative estimate of drug-likeness (QED) is 0.588. The fourth-order valence-corrected chi connectivity index (χ4v) is 4.13. The fraction of sp³-hybridized carbons (Fsp3) is 0.375. The lowest BCUT2D eigenvalue weighted by Gasteiger charge is -2.19. The van der Waals surface area contributed by atoms with Gasteiger partial charge in [-0.1, -0.05) is 29.8 Å². The highest BCUT2D eigenvalue weighted by Crippen LogP contribution is 2.53. The van der Waals surface area contributed by atoms with Gasteiger partial charge in [-0.2, -0.15) is 0 Å². The summed E-state index contributed by atoms with van der Waals surface area (Å²) in [6.07, 6.45) is 5.16. The number of nitrogens with zero attached hydrogens (tertiary/aromatic N) is 1. The van der Waals surface area contributed by atoms with E-state index < -0.39 is 0 Å². The lowest BCUT2D eigenvalue weighted by molar-refractivity contribution is -0.123. The molecule has 3 nitrogen and oxygen atoms in total. The van der Waals surface area contributed by atoms with Crippen LogP contribution in [0.15, 0.2) is 30.4 Å². The van der Waals surface area contributed by atoms with Crippen LogP contribution in [0.1, 0.15) is 12.0 Å². The molecule has 0 unspecified atom stereocenters. The van der Waals surface area contributed by atoms with Crippen LogP contribution in [0, 0.1) is 30.6 Å². The van der Waals surface area contributed by atoms with Crippen molar-refractivity contribution < 1.29 is 9.59 Å². The molecule has 1 heterocycles. The third kappa shape index (κ3) is 1.41. The van der Waals surface area contributed by atoms with E-state index in [9.17, 15) is 9.59 Å². The van der Waals surface area contributed by atoms with E-state index in [0.717, 1.165) is 12.0 Å². The number of anilines is 1. The second-order valence-electron chi connectivity index (χ2n) is 5.94. The Morgan fingerprint density at radius 1 is 1.10 bits per heavy atom. The van der Waals surface area contributed by atoms with Gasteiger partial charge in [-0.25, -0.2) is 4.90 Å². The first-order valence-corrected chi connectivity index (χ1v) is 7.28. The number of rotatable bonds is 1. The normalized spacial score (nSPS) is 34.2. The minimum atomic E-state index is -0.157. The molecule has 3 aliphatic rings. The Morgan fingerprint density at radius 3 is 2.30 bits per heavy atom. The van der Waals surface area contributed by atoms with Crippen molar-refractivity contribution in [3.05, 3.63) is 40.9 Å². The van der Waals surface area contributed by atoms with Crippen LogP contribution >= 0.6 is 11.6 Å². The second-order valence-corrected chi connectivity index (χ2v) is 6.38. The van der Waals surface area contributed by atoms with Crippen molar-refractivity contribution in [1.29, 1.82) is 0 Å². The Morgan fingerprint density at radius 2 is 1.70 bits per heavy atom. The number of halogens is 1. The molecule has 20 heavy (non-hydrogen) atoms. The van der Waals surface area contributed by atoms with Crippen LogP contribution in [0.4, 0.5) is 5.69 Å². The van der Waals surface area contributed by atoms with Crippen LogP contribution in [-0.2, 0) is 9.59 Å². The number of aryl methyl sites for hydroxylation is 1. The van der Waals surface area contributed by atoms with Crippen LogP contribution < -0.4 is 4.90 Å². The molecule has 4 heteroatoms. The molecule has 0 spiro atoms. The van der Waals surface area contributed by atoms with Crippen LogP contribution in [0.25, 0.3) is 0 Å². The van der Waals surface area contributed by atoms with E-state index in [-0.39, 0.29) is 35.5 Å². The van der Waals surface area contributed by atoms with Crippen molar-refractivity contribution in [2.24, 2.45) is 23.7 Å². The maximum absolute atomic E-state index is 12.7. The van der Waals surface area contributed by atoms with Gasteiger partial charge < -0.3 is 0 Å². The minimum Gasteiger partial charge on any atom is -0.274 e.